The van der Waals surface area contributed by atoms with Crippen molar-refractivity contribution in [2.75, 3.05) is 40.9 Å². The molecule has 3 aromatic rings. The first kappa shape index (κ1) is 58.4. The van der Waals surface area contributed by atoms with Crippen LogP contribution in [0.3, 0.4) is 0 Å². The number of carbonyl (C=O) groups is 1. The Labute approximate surface area is 434 Å². The number of aliphatic hydroxyl groups excluding tert-OH is 2. The van der Waals surface area contributed by atoms with E-state index in [2.05, 4.69) is 57.4 Å². The van der Waals surface area contributed by atoms with E-state index in [1.165, 1.54) is 6.92 Å². The zero-order chi connectivity index (χ0) is 53.4. The van der Waals surface area contributed by atoms with Crippen molar-refractivity contribution in [2.24, 2.45) is 23.7 Å². The van der Waals surface area contributed by atoms with Gasteiger partial charge in [-0.05, 0) is 103 Å². The minimum atomic E-state index is -1.89. The van der Waals surface area contributed by atoms with Gasteiger partial charge in [-0.3, -0.25) is 9.78 Å². The zero-order valence-corrected chi connectivity index (χ0v) is 45.5. The van der Waals surface area contributed by atoms with Crippen LogP contribution in [-0.2, 0) is 52.8 Å². The highest BCUT2D eigenvalue weighted by Crippen LogP contribution is 2.45. The fourth-order valence-corrected chi connectivity index (χ4v) is 11.7. The number of methoxy groups -OCH3 is 1. The average Bonchev–Trinajstić information content (AvgIpc) is 3.83. The van der Waals surface area contributed by atoms with E-state index < -0.39 is 89.5 Å². The van der Waals surface area contributed by atoms with E-state index in [9.17, 15) is 25.2 Å². The predicted octanol–water partition coefficient (Wildman–Crippen LogP) is 5.30. The van der Waals surface area contributed by atoms with Crippen molar-refractivity contribution in [1.29, 1.82) is 0 Å². The van der Waals surface area contributed by atoms with Crippen molar-refractivity contribution in [3.05, 3.63) is 66.2 Å². The highest BCUT2D eigenvalue weighted by molar-refractivity contribution is 5.73. The molecule has 406 valence electrons. The number of ether oxygens (including phenoxy) is 6. The molecule has 6 rings (SSSR count). The number of esters is 1. The second-order valence-electron chi connectivity index (χ2n) is 22.1. The molecule has 1 unspecified atom stereocenters. The Balaban J connectivity index is 1.19. The fraction of sp³-hybridized carbons (Fsp3) is 0.714. The molecule has 0 aliphatic carbocycles. The lowest BCUT2D eigenvalue weighted by molar-refractivity contribution is -0.270. The van der Waals surface area contributed by atoms with Crippen LogP contribution in [0.1, 0.15) is 106 Å². The second kappa shape index (κ2) is 25.3. The molecule has 1 aromatic carbocycles. The molecule has 17 atom stereocenters. The van der Waals surface area contributed by atoms with Crippen molar-refractivity contribution >= 4 is 5.97 Å². The minimum absolute atomic E-state index is 0.0301. The Morgan fingerprint density at radius 1 is 0.986 bits per heavy atom. The lowest BCUT2D eigenvalue weighted by atomic mass is 9.68. The Hall–Kier alpha value is -3.90. The van der Waals surface area contributed by atoms with Crippen LogP contribution in [0.15, 0.2) is 55.0 Å². The number of benzene rings is 1. The number of nitrogens with zero attached hydrogens (tertiary/aromatic N) is 6. The molecule has 0 saturated carbocycles. The van der Waals surface area contributed by atoms with Crippen molar-refractivity contribution in [1.82, 2.24) is 29.8 Å². The van der Waals surface area contributed by atoms with Gasteiger partial charge in [-0.15, -0.1) is 11.5 Å². The number of pyridine rings is 1. The number of hydrogen-bond donors (Lipinski definition) is 4. The van der Waals surface area contributed by atoms with Crippen molar-refractivity contribution in [3.63, 3.8) is 0 Å². The fourth-order valence-electron chi connectivity index (χ4n) is 11.7. The number of aliphatic hydroxyl groups is 4. The highest BCUT2D eigenvalue weighted by atomic mass is 16.7. The number of hydrogen-bond acceptors (Lipinski definition) is 16. The smallest absolute Gasteiger partial charge is 0.309 e. The Bertz CT molecular complexity index is 2230. The van der Waals surface area contributed by atoms with Crippen LogP contribution in [0.5, 0.6) is 0 Å². The Kier molecular flexibility index (Phi) is 20.2. The maximum Gasteiger partial charge on any atom is 0.309 e. The first-order chi connectivity index (χ1) is 34.5. The molecule has 3 aliphatic rings. The second-order valence-corrected chi connectivity index (χ2v) is 22.1. The van der Waals surface area contributed by atoms with Crippen LogP contribution in [0, 0.1) is 36.0 Å². The molecule has 17 heteroatoms. The van der Waals surface area contributed by atoms with Gasteiger partial charge in [-0.1, -0.05) is 69.2 Å². The van der Waals surface area contributed by atoms with Gasteiger partial charge in [0.1, 0.15) is 30.0 Å². The summed E-state index contributed by atoms with van der Waals surface area (Å²) in [6, 6.07) is 11.7. The minimum Gasteiger partial charge on any atom is -0.459 e. The Morgan fingerprint density at radius 2 is 1.71 bits per heavy atom. The molecule has 3 fully saturated rings. The van der Waals surface area contributed by atoms with Crippen molar-refractivity contribution < 1.29 is 53.6 Å². The number of terminal acetylenes is 1. The molecule has 17 nitrogen and oxygen atoms in total. The summed E-state index contributed by atoms with van der Waals surface area (Å²) in [6.45, 7) is 19.0. The molecule has 2 aromatic heterocycles. The van der Waals surface area contributed by atoms with Gasteiger partial charge >= 0.3 is 5.97 Å². The van der Waals surface area contributed by atoms with Gasteiger partial charge < -0.3 is 58.6 Å². The first-order valence-corrected chi connectivity index (χ1v) is 26.4. The van der Waals surface area contributed by atoms with Crippen molar-refractivity contribution in [2.45, 2.75) is 192 Å². The van der Waals surface area contributed by atoms with Crippen LogP contribution >= 0.6 is 0 Å². The molecule has 3 saturated heterocycles. The number of rotatable bonds is 15. The zero-order valence-electron chi connectivity index (χ0n) is 45.5. The van der Waals surface area contributed by atoms with Crippen LogP contribution in [-0.4, -0.2) is 175 Å². The largest absolute Gasteiger partial charge is 0.459 e. The molecule has 0 amide bonds. The summed E-state index contributed by atoms with van der Waals surface area (Å²) in [5.74, 6) is -0.439. The van der Waals surface area contributed by atoms with E-state index in [1.54, 1.807) is 34.1 Å². The quantitative estimate of drug-likeness (QED) is 0.0867. The van der Waals surface area contributed by atoms with Gasteiger partial charge in [0, 0.05) is 76.1 Å². The van der Waals surface area contributed by atoms with E-state index in [-0.39, 0.29) is 37.3 Å². The summed E-state index contributed by atoms with van der Waals surface area (Å²) in [4.78, 5) is 23.1. The molecule has 5 heterocycles. The molecular formula is C56H86N6O11. The standard InChI is InChI=1S/C56H86N6O11/c1-14-47-55(10,66)50(63)39(7)61(12)32-35(3)29-56(67,15-2)52(37(5)49(38(6)53(65)72-47)46-30-54(9,68-13)51(64)40(8)71-46)73-48-28-45(27-36(4)70-48)60(11)24-22-44-33-62(59-58-44)25-26-69-34-41-18-20-42(21-19-41)43-17-16-23-57-31-43/h2,16-21,23,31,33,35-40,45-52,63-64,66-67H,14,22,24-30,32,34H2,1,3-13H3/t35-,36-,37+,38-,39-,40+,45+,46-,47-,48+,49?,50-,51+,52-,54-,55-,56-/m1/s1. The van der Waals surface area contributed by atoms with Gasteiger partial charge in [0.25, 0.3) is 0 Å². The molecule has 4 N–H and O–H groups in total. The highest BCUT2D eigenvalue weighted by Gasteiger charge is 2.55. The maximum absolute atomic E-state index is 14.6. The Morgan fingerprint density at radius 3 is 2.37 bits per heavy atom. The molecule has 0 spiro atoms. The van der Waals surface area contributed by atoms with E-state index in [1.807, 2.05) is 75.8 Å². The van der Waals surface area contributed by atoms with Gasteiger partial charge in [0.15, 0.2) is 11.9 Å². The van der Waals surface area contributed by atoms with E-state index in [0.717, 1.165) is 28.8 Å². The number of cyclic esters (lactones) is 1. The lowest BCUT2D eigenvalue weighted by Gasteiger charge is -2.51. The first-order valence-electron chi connectivity index (χ1n) is 26.4. The maximum atomic E-state index is 14.6. The summed E-state index contributed by atoms with van der Waals surface area (Å²) in [5, 5.41) is 56.8. The van der Waals surface area contributed by atoms with Crippen LogP contribution in [0.4, 0.5) is 0 Å². The summed E-state index contributed by atoms with van der Waals surface area (Å²) in [5.41, 5.74) is -0.625. The molecule has 3 aliphatic heterocycles. The summed E-state index contributed by atoms with van der Waals surface area (Å²) >= 11 is 0. The summed E-state index contributed by atoms with van der Waals surface area (Å²) in [6.07, 6.45) is 7.57. The molecule has 0 bridgehead atoms. The van der Waals surface area contributed by atoms with Gasteiger partial charge in [0.2, 0.25) is 0 Å². The molecule has 0 radical (unpaired) electrons. The van der Waals surface area contributed by atoms with E-state index in [0.29, 0.717) is 45.7 Å². The number of aromatic nitrogens is 4. The monoisotopic (exact) mass is 1020 g/mol. The lowest BCUT2D eigenvalue weighted by Crippen LogP contribution is -2.61. The van der Waals surface area contributed by atoms with Gasteiger partial charge in [0.05, 0.1) is 55.3 Å². The van der Waals surface area contributed by atoms with E-state index >= 15 is 0 Å². The van der Waals surface area contributed by atoms with Gasteiger partial charge in [-0.2, -0.15) is 0 Å². The SMILES string of the molecule is C#C[C@@]1(O)C[C@@H](C)CN(C)[C@H](C)[C@@H](O)[C@](C)(O)[C@@H](CC)OC(=O)[C@H](C)C([C@H]2C[C@@](C)(OC)[C@@H](O)[C@H](C)O2)[C@H](C)[C@H]1O[C@H]1C[C@@H](N(C)CCc2cn(CCOCc3ccc(-c4cccnc4)cc3)nn2)C[C@@H](C)O1. The molecule has 73 heavy (non-hydrogen) atoms. The van der Waals surface area contributed by atoms with E-state index in [4.69, 9.17) is 34.8 Å². The normalized spacial score (nSPS) is 37.5. The number of carbonyl (C=O) groups excluding carboxylic acids is 1. The van der Waals surface area contributed by atoms with Crippen LogP contribution < -0.4 is 0 Å². The van der Waals surface area contributed by atoms with Crippen LogP contribution in [0.2, 0.25) is 0 Å². The third-order valence-corrected chi connectivity index (χ3v) is 16.4. The predicted molar refractivity (Wildman–Crippen MR) is 277 cm³/mol. The van der Waals surface area contributed by atoms with Crippen molar-refractivity contribution in [3.8, 4) is 23.5 Å². The number of likely N-dealkylation sites (N-methyl/N-ethyl adjacent to an activating group) is 2. The van der Waals surface area contributed by atoms with Crippen LogP contribution in [0.25, 0.3) is 11.1 Å². The summed E-state index contributed by atoms with van der Waals surface area (Å²) < 4.78 is 40.3. The van der Waals surface area contributed by atoms with Gasteiger partial charge in [-0.25, -0.2) is 4.68 Å². The third-order valence-electron chi connectivity index (χ3n) is 16.4. The summed E-state index contributed by atoms with van der Waals surface area (Å²) in [7, 11) is 5.46. The third kappa shape index (κ3) is 14.1. The topological polar surface area (TPSA) is 203 Å². The average molecular weight is 1020 g/mol. The molecular weight excluding hydrogens is 933 g/mol.